The molecule has 1 aliphatic heterocycles. The second-order valence-corrected chi connectivity index (χ2v) is 8.12. The molecule has 0 saturated heterocycles. The van der Waals surface area contributed by atoms with Gasteiger partial charge in [-0.25, -0.2) is 0 Å². The highest BCUT2D eigenvalue weighted by molar-refractivity contribution is 6.01. The molecule has 2 heterocycles. The summed E-state index contributed by atoms with van der Waals surface area (Å²) in [6.45, 7) is 2.70. The van der Waals surface area contributed by atoms with E-state index in [0.29, 0.717) is 18.8 Å². The fourth-order valence-electron chi connectivity index (χ4n) is 3.96. The molecular formula is C20H31N5O4. The van der Waals surface area contributed by atoms with E-state index in [1.54, 1.807) is 21.1 Å². The van der Waals surface area contributed by atoms with Gasteiger partial charge in [-0.15, -0.1) is 0 Å². The van der Waals surface area contributed by atoms with E-state index in [-0.39, 0.29) is 36.0 Å². The third-order valence-corrected chi connectivity index (χ3v) is 6.01. The first kappa shape index (κ1) is 21.3. The van der Waals surface area contributed by atoms with Crippen LogP contribution in [-0.2, 0) is 16.1 Å². The molecule has 0 radical (unpaired) electrons. The van der Waals surface area contributed by atoms with Gasteiger partial charge in [0.1, 0.15) is 11.2 Å². The molecule has 0 bridgehead atoms. The Morgan fingerprint density at radius 2 is 1.97 bits per heavy atom. The molecule has 9 heteroatoms. The molecule has 0 unspecified atom stereocenters. The van der Waals surface area contributed by atoms with E-state index in [9.17, 15) is 14.4 Å². The summed E-state index contributed by atoms with van der Waals surface area (Å²) in [4.78, 5) is 39.8. The summed E-state index contributed by atoms with van der Waals surface area (Å²) in [5.74, 6) is -0.866. The summed E-state index contributed by atoms with van der Waals surface area (Å²) >= 11 is 0. The smallest absolute Gasteiger partial charge is 0.272 e. The van der Waals surface area contributed by atoms with Crippen LogP contribution in [0, 0.1) is 0 Å². The Kier molecular flexibility index (Phi) is 6.56. The van der Waals surface area contributed by atoms with Crippen molar-refractivity contribution >= 4 is 17.7 Å². The Bertz CT molecular complexity index is 769. The van der Waals surface area contributed by atoms with Crippen molar-refractivity contribution < 1.29 is 19.1 Å². The number of amides is 3. The largest absolute Gasteiger partial charge is 0.383 e. The zero-order valence-electron chi connectivity index (χ0n) is 17.5. The van der Waals surface area contributed by atoms with Gasteiger partial charge >= 0.3 is 0 Å². The van der Waals surface area contributed by atoms with Crippen LogP contribution in [0.2, 0.25) is 0 Å². The average molecular weight is 405 g/mol. The van der Waals surface area contributed by atoms with Crippen molar-refractivity contribution in [2.45, 2.75) is 63.6 Å². The molecule has 3 rings (SSSR count). The number of ether oxygens (including phenoxy) is 1. The summed E-state index contributed by atoms with van der Waals surface area (Å²) in [6.07, 6.45) is 6.57. The lowest BCUT2D eigenvalue weighted by atomic mass is 9.95. The van der Waals surface area contributed by atoms with E-state index < -0.39 is 5.54 Å². The number of nitrogens with one attached hydrogen (secondary N) is 2. The highest BCUT2D eigenvalue weighted by Crippen LogP contribution is 2.27. The van der Waals surface area contributed by atoms with Gasteiger partial charge in [-0.3, -0.25) is 19.1 Å². The number of rotatable bonds is 6. The van der Waals surface area contributed by atoms with E-state index in [2.05, 4.69) is 15.7 Å². The molecule has 1 aromatic heterocycles. The third-order valence-electron chi connectivity index (χ3n) is 6.01. The van der Waals surface area contributed by atoms with Crippen LogP contribution in [0.3, 0.4) is 0 Å². The molecule has 0 aromatic carbocycles. The number of likely N-dealkylation sites (N-methyl/N-ethyl adjacent to an activating group) is 1. The second-order valence-electron chi connectivity index (χ2n) is 8.12. The molecule has 2 aliphatic rings. The number of nitrogens with zero attached hydrogens (tertiary/aromatic N) is 3. The molecule has 9 nitrogen and oxygen atoms in total. The summed E-state index contributed by atoms with van der Waals surface area (Å²) in [5, 5.41) is 10.1. The Morgan fingerprint density at radius 3 is 2.62 bits per heavy atom. The van der Waals surface area contributed by atoms with Crippen molar-refractivity contribution in [3.8, 4) is 0 Å². The van der Waals surface area contributed by atoms with Crippen LogP contribution < -0.4 is 10.6 Å². The van der Waals surface area contributed by atoms with Crippen molar-refractivity contribution in [3.63, 3.8) is 0 Å². The van der Waals surface area contributed by atoms with Crippen LogP contribution in [-0.4, -0.2) is 71.3 Å². The van der Waals surface area contributed by atoms with Crippen LogP contribution in [0.5, 0.6) is 0 Å². The van der Waals surface area contributed by atoms with Crippen LogP contribution in [0.15, 0.2) is 6.07 Å². The SMILES string of the molecule is COCCNC(=O)c1cc2n(n1)C[C@](C)(C(=O)NC1CCCCCC1)N(C)C2=O. The van der Waals surface area contributed by atoms with E-state index >= 15 is 0 Å². The van der Waals surface area contributed by atoms with Crippen LogP contribution in [0.1, 0.15) is 66.4 Å². The molecule has 2 N–H and O–H groups in total. The number of fused-ring (bicyclic) bond motifs is 1. The molecule has 29 heavy (non-hydrogen) atoms. The summed E-state index contributed by atoms with van der Waals surface area (Å²) < 4.78 is 6.39. The maximum atomic E-state index is 13.1. The second kappa shape index (κ2) is 8.94. The monoisotopic (exact) mass is 405 g/mol. The molecular weight excluding hydrogens is 374 g/mol. The first-order chi connectivity index (χ1) is 13.9. The van der Waals surface area contributed by atoms with Crippen molar-refractivity contribution in [1.29, 1.82) is 0 Å². The van der Waals surface area contributed by atoms with Gasteiger partial charge in [-0.05, 0) is 19.8 Å². The number of carbonyl (C=O) groups is 3. The van der Waals surface area contributed by atoms with Crippen LogP contribution in [0.4, 0.5) is 0 Å². The lowest BCUT2D eigenvalue weighted by molar-refractivity contribution is -0.133. The van der Waals surface area contributed by atoms with Crippen molar-refractivity contribution in [2.24, 2.45) is 0 Å². The summed E-state index contributed by atoms with van der Waals surface area (Å²) in [6, 6.07) is 1.62. The molecule has 1 aliphatic carbocycles. The predicted octanol–water partition coefficient (Wildman–Crippen LogP) is 0.943. The van der Waals surface area contributed by atoms with Gasteiger partial charge < -0.3 is 20.3 Å². The maximum absolute atomic E-state index is 13.1. The lowest BCUT2D eigenvalue weighted by Gasteiger charge is -2.41. The number of aromatic nitrogens is 2. The molecule has 1 atom stereocenters. The van der Waals surface area contributed by atoms with E-state index in [1.165, 1.54) is 28.5 Å². The highest BCUT2D eigenvalue weighted by atomic mass is 16.5. The minimum atomic E-state index is -1.06. The summed E-state index contributed by atoms with van der Waals surface area (Å²) in [5.41, 5.74) is -0.595. The van der Waals surface area contributed by atoms with Gasteiger partial charge in [0.15, 0.2) is 5.69 Å². The molecule has 1 saturated carbocycles. The Morgan fingerprint density at radius 1 is 1.28 bits per heavy atom. The van der Waals surface area contributed by atoms with E-state index in [1.807, 2.05) is 0 Å². The standard InChI is InChI=1S/C20H31N5O4/c1-20(19(28)22-14-8-6-4-5-7-9-14)13-25-16(18(27)24(20)2)12-15(23-25)17(26)21-10-11-29-3/h12,14H,4-11,13H2,1-3H3,(H,21,26)(H,22,28)/t20-/m1/s1. The number of hydrogen-bond donors (Lipinski definition) is 2. The van der Waals surface area contributed by atoms with Gasteiger partial charge in [-0.2, -0.15) is 5.10 Å². The normalized spacial score (nSPS) is 22.7. The predicted molar refractivity (Wildman–Crippen MR) is 107 cm³/mol. The first-order valence-electron chi connectivity index (χ1n) is 10.3. The van der Waals surface area contributed by atoms with Gasteiger partial charge in [-0.1, -0.05) is 25.7 Å². The fraction of sp³-hybridized carbons (Fsp3) is 0.700. The number of hydrogen-bond acceptors (Lipinski definition) is 5. The molecule has 3 amide bonds. The zero-order valence-corrected chi connectivity index (χ0v) is 17.5. The van der Waals surface area contributed by atoms with Crippen LogP contribution in [0.25, 0.3) is 0 Å². The van der Waals surface area contributed by atoms with E-state index in [0.717, 1.165) is 25.7 Å². The van der Waals surface area contributed by atoms with Crippen molar-refractivity contribution in [2.75, 3.05) is 27.3 Å². The quantitative estimate of drug-likeness (QED) is 0.541. The van der Waals surface area contributed by atoms with Crippen LogP contribution >= 0.6 is 0 Å². The average Bonchev–Trinajstić information content (AvgIpc) is 2.95. The summed E-state index contributed by atoms with van der Waals surface area (Å²) in [7, 11) is 3.18. The Hall–Kier alpha value is -2.42. The molecule has 1 fully saturated rings. The minimum Gasteiger partial charge on any atom is -0.383 e. The molecule has 160 valence electrons. The first-order valence-corrected chi connectivity index (χ1v) is 10.3. The number of methoxy groups -OCH3 is 1. The Balaban J connectivity index is 1.75. The van der Waals surface area contributed by atoms with Gasteiger partial charge in [0.25, 0.3) is 11.8 Å². The molecule has 1 aromatic rings. The van der Waals surface area contributed by atoms with Crippen molar-refractivity contribution in [3.05, 3.63) is 17.5 Å². The van der Waals surface area contributed by atoms with Crippen molar-refractivity contribution in [1.82, 2.24) is 25.3 Å². The minimum absolute atomic E-state index is 0.145. The van der Waals surface area contributed by atoms with Gasteiger partial charge in [0, 0.05) is 32.8 Å². The maximum Gasteiger partial charge on any atom is 0.272 e. The lowest BCUT2D eigenvalue weighted by Crippen LogP contribution is -2.63. The van der Waals surface area contributed by atoms with Gasteiger partial charge in [0.2, 0.25) is 5.91 Å². The van der Waals surface area contributed by atoms with Gasteiger partial charge in [0.05, 0.1) is 13.2 Å². The topological polar surface area (TPSA) is 106 Å². The fourth-order valence-corrected chi connectivity index (χ4v) is 3.96. The molecule has 0 spiro atoms. The third kappa shape index (κ3) is 4.44. The highest BCUT2D eigenvalue weighted by Gasteiger charge is 2.46. The Labute approximate surface area is 171 Å². The number of carbonyl (C=O) groups excluding carboxylic acids is 3. The zero-order chi connectivity index (χ0) is 21.0. The van der Waals surface area contributed by atoms with E-state index in [4.69, 9.17) is 4.74 Å².